The third-order valence-corrected chi connectivity index (χ3v) is 6.92. The minimum absolute atomic E-state index is 0.0159. The number of carbonyl (C=O) groups excluding carboxylic acids is 2. The molecule has 0 aliphatic carbocycles. The van der Waals surface area contributed by atoms with E-state index in [2.05, 4.69) is 6.92 Å². The van der Waals surface area contributed by atoms with Gasteiger partial charge in [-0.25, -0.2) is 0 Å². The van der Waals surface area contributed by atoms with Crippen molar-refractivity contribution in [3.05, 3.63) is 47.9 Å². The smallest absolute Gasteiger partial charge is 0.242 e. The first-order valence-corrected chi connectivity index (χ1v) is 13.2. The van der Waals surface area contributed by atoms with Crippen LogP contribution < -0.4 is 9.47 Å². The van der Waals surface area contributed by atoms with Gasteiger partial charge in [0, 0.05) is 25.6 Å². The molecule has 1 fully saturated rings. The Bertz CT molecular complexity index is 986. The molecule has 0 spiro atoms. The quantitative estimate of drug-likeness (QED) is 0.396. The van der Waals surface area contributed by atoms with E-state index in [1.807, 2.05) is 37.3 Å². The van der Waals surface area contributed by atoms with Crippen LogP contribution in [0.2, 0.25) is 0 Å². The summed E-state index contributed by atoms with van der Waals surface area (Å²) in [5.74, 6) is 1.92. The molecule has 8 heteroatoms. The molecule has 36 heavy (non-hydrogen) atoms. The lowest BCUT2D eigenvalue weighted by atomic mass is 9.97. The van der Waals surface area contributed by atoms with Gasteiger partial charge in [-0.15, -0.1) is 0 Å². The van der Waals surface area contributed by atoms with E-state index >= 15 is 0 Å². The fourth-order valence-electron chi connectivity index (χ4n) is 4.82. The molecule has 1 aromatic heterocycles. The first kappa shape index (κ1) is 26.1. The molecule has 0 saturated carbocycles. The van der Waals surface area contributed by atoms with E-state index in [0.717, 1.165) is 44.1 Å². The Morgan fingerprint density at radius 2 is 1.94 bits per heavy atom. The molecule has 2 amide bonds. The van der Waals surface area contributed by atoms with Crippen LogP contribution in [0.4, 0.5) is 0 Å². The van der Waals surface area contributed by atoms with Crippen LogP contribution >= 0.6 is 0 Å². The number of carbonyl (C=O) groups is 2. The first-order chi connectivity index (χ1) is 17.6. The Labute approximate surface area is 213 Å². The molecule has 0 unspecified atom stereocenters. The molecule has 2 aromatic rings. The van der Waals surface area contributed by atoms with Crippen molar-refractivity contribution in [2.45, 2.75) is 71.6 Å². The van der Waals surface area contributed by atoms with Gasteiger partial charge in [-0.3, -0.25) is 9.59 Å². The lowest BCUT2D eigenvalue weighted by Gasteiger charge is -2.31. The van der Waals surface area contributed by atoms with Crippen LogP contribution in [0.3, 0.4) is 0 Å². The SMILES string of the molecule is CCCC[C@H](CC)C(=O)N(CC(=O)N(Cc1ccc2c(c1)OCO2)Cc1ccco1)C[C@@H]1CCCO1. The second-order valence-corrected chi connectivity index (χ2v) is 9.62. The second-order valence-electron chi connectivity index (χ2n) is 9.62. The Morgan fingerprint density at radius 1 is 1.08 bits per heavy atom. The van der Waals surface area contributed by atoms with Gasteiger partial charge in [-0.05, 0) is 55.5 Å². The van der Waals surface area contributed by atoms with E-state index in [1.165, 1.54) is 0 Å². The van der Waals surface area contributed by atoms with E-state index in [4.69, 9.17) is 18.6 Å². The lowest BCUT2D eigenvalue weighted by molar-refractivity contribution is -0.145. The molecule has 4 rings (SSSR count). The summed E-state index contributed by atoms with van der Waals surface area (Å²) < 4.78 is 22.3. The summed E-state index contributed by atoms with van der Waals surface area (Å²) in [6.07, 6.45) is 7.14. The molecule has 8 nitrogen and oxygen atoms in total. The molecule has 1 aromatic carbocycles. The number of nitrogens with zero attached hydrogens (tertiary/aromatic N) is 2. The zero-order valence-corrected chi connectivity index (χ0v) is 21.4. The maximum absolute atomic E-state index is 13.7. The van der Waals surface area contributed by atoms with Crippen LogP contribution in [-0.4, -0.2) is 54.2 Å². The average Bonchev–Trinajstić information content (AvgIpc) is 3.66. The maximum atomic E-state index is 13.7. The van der Waals surface area contributed by atoms with E-state index in [-0.39, 0.29) is 37.2 Å². The third-order valence-electron chi connectivity index (χ3n) is 6.92. The lowest BCUT2D eigenvalue weighted by Crippen LogP contribution is -2.47. The minimum Gasteiger partial charge on any atom is -0.467 e. The zero-order chi connectivity index (χ0) is 25.3. The molecular weight excluding hydrogens is 460 g/mol. The van der Waals surface area contributed by atoms with Crippen LogP contribution in [0, 0.1) is 5.92 Å². The van der Waals surface area contributed by atoms with Gasteiger partial charge in [0.05, 0.1) is 25.5 Å². The highest BCUT2D eigenvalue weighted by Crippen LogP contribution is 2.33. The molecule has 196 valence electrons. The first-order valence-electron chi connectivity index (χ1n) is 13.2. The van der Waals surface area contributed by atoms with E-state index < -0.39 is 0 Å². The van der Waals surface area contributed by atoms with Gasteiger partial charge < -0.3 is 28.4 Å². The van der Waals surface area contributed by atoms with Gasteiger partial charge in [0.1, 0.15) is 5.76 Å². The normalized spacial score (nSPS) is 17.2. The predicted octanol–water partition coefficient (Wildman–Crippen LogP) is 4.76. The van der Waals surface area contributed by atoms with Gasteiger partial charge in [-0.2, -0.15) is 0 Å². The number of unbranched alkanes of at least 4 members (excludes halogenated alkanes) is 1. The number of benzene rings is 1. The standard InChI is InChI=1S/C28H38N2O6/c1-3-5-8-22(4-2)28(32)30(18-24-10-7-14-34-24)19-27(31)29(17-23-9-6-13-33-23)16-21-11-12-25-26(15-21)36-20-35-25/h6,9,11-13,15,22,24H,3-5,7-8,10,14,16-20H2,1-2H3/t22-,24-/m0/s1. The minimum atomic E-state index is -0.124. The molecule has 2 aliphatic heterocycles. The van der Waals surface area contributed by atoms with Crippen molar-refractivity contribution in [3.63, 3.8) is 0 Å². The fourth-order valence-corrected chi connectivity index (χ4v) is 4.82. The number of amides is 2. The van der Waals surface area contributed by atoms with Crippen LogP contribution in [0.15, 0.2) is 41.0 Å². The number of hydrogen-bond acceptors (Lipinski definition) is 6. The van der Waals surface area contributed by atoms with E-state index in [1.54, 1.807) is 16.1 Å². The Kier molecular flexibility index (Phi) is 9.28. The van der Waals surface area contributed by atoms with Crippen LogP contribution in [0.25, 0.3) is 0 Å². The van der Waals surface area contributed by atoms with Gasteiger partial charge >= 0.3 is 0 Å². The summed E-state index contributed by atoms with van der Waals surface area (Å²) in [7, 11) is 0. The molecule has 1 saturated heterocycles. The highest BCUT2D eigenvalue weighted by atomic mass is 16.7. The molecule has 0 N–H and O–H groups in total. The average molecular weight is 499 g/mol. The van der Waals surface area contributed by atoms with E-state index in [0.29, 0.717) is 43.5 Å². The summed E-state index contributed by atoms with van der Waals surface area (Å²) in [6.45, 7) is 6.24. The summed E-state index contributed by atoms with van der Waals surface area (Å²) in [5.41, 5.74) is 0.922. The van der Waals surface area contributed by atoms with Crippen molar-refractivity contribution in [1.82, 2.24) is 9.80 Å². The highest BCUT2D eigenvalue weighted by molar-refractivity contribution is 5.86. The largest absolute Gasteiger partial charge is 0.467 e. The second kappa shape index (κ2) is 12.8. The number of fused-ring (bicyclic) bond motifs is 1. The van der Waals surface area contributed by atoms with Gasteiger partial charge in [0.15, 0.2) is 11.5 Å². The summed E-state index contributed by atoms with van der Waals surface area (Å²) in [6, 6.07) is 9.36. The van der Waals surface area contributed by atoms with Crippen molar-refractivity contribution in [2.24, 2.45) is 5.92 Å². The van der Waals surface area contributed by atoms with Gasteiger partial charge in [0.25, 0.3) is 0 Å². The topological polar surface area (TPSA) is 81.5 Å². The molecule has 3 heterocycles. The number of ether oxygens (including phenoxy) is 3. The van der Waals surface area contributed by atoms with Crippen molar-refractivity contribution >= 4 is 11.8 Å². The van der Waals surface area contributed by atoms with Crippen molar-refractivity contribution in [2.75, 3.05) is 26.5 Å². The van der Waals surface area contributed by atoms with Crippen molar-refractivity contribution in [3.8, 4) is 11.5 Å². The van der Waals surface area contributed by atoms with Crippen LogP contribution in [0.5, 0.6) is 11.5 Å². The Morgan fingerprint density at radius 3 is 2.67 bits per heavy atom. The van der Waals surface area contributed by atoms with E-state index in [9.17, 15) is 9.59 Å². The number of furan rings is 1. The number of hydrogen-bond donors (Lipinski definition) is 0. The fraction of sp³-hybridized carbons (Fsp3) is 0.571. The summed E-state index contributed by atoms with van der Waals surface area (Å²) >= 11 is 0. The summed E-state index contributed by atoms with van der Waals surface area (Å²) in [4.78, 5) is 30.8. The number of rotatable bonds is 13. The molecular formula is C28H38N2O6. The predicted molar refractivity (Wildman–Crippen MR) is 134 cm³/mol. The highest BCUT2D eigenvalue weighted by Gasteiger charge is 2.30. The molecule has 2 aliphatic rings. The summed E-state index contributed by atoms with van der Waals surface area (Å²) in [5, 5.41) is 0. The molecule has 2 atom stereocenters. The maximum Gasteiger partial charge on any atom is 0.242 e. The zero-order valence-electron chi connectivity index (χ0n) is 21.4. The van der Waals surface area contributed by atoms with Gasteiger partial charge in [0.2, 0.25) is 18.6 Å². The third kappa shape index (κ3) is 6.81. The van der Waals surface area contributed by atoms with Crippen LogP contribution in [-0.2, 0) is 27.4 Å². The van der Waals surface area contributed by atoms with Crippen LogP contribution in [0.1, 0.15) is 63.7 Å². The van der Waals surface area contributed by atoms with Crippen molar-refractivity contribution < 1.29 is 28.2 Å². The monoisotopic (exact) mass is 498 g/mol. The van der Waals surface area contributed by atoms with Crippen molar-refractivity contribution in [1.29, 1.82) is 0 Å². The Hall–Kier alpha value is -3.00. The Balaban J connectivity index is 1.51. The molecule has 0 radical (unpaired) electrons. The van der Waals surface area contributed by atoms with Gasteiger partial charge in [-0.1, -0.05) is 32.8 Å². The molecule has 0 bridgehead atoms.